The Hall–Kier alpha value is -1.44. The van der Waals surface area contributed by atoms with E-state index >= 15 is 0 Å². The van der Waals surface area contributed by atoms with Gasteiger partial charge in [-0.3, -0.25) is 0 Å². The third kappa shape index (κ3) is 3.61. The van der Waals surface area contributed by atoms with Crippen molar-refractivity contribution in [2.75, 3.05) is 7.11 Å². The summed E-state index contributed by atoms with van der Waals surface area (Å²) in [5.74, 6) is 0.335. The summed E-state index contributed by atoms with van der Waals surface area (Å²) in [7, 11) is -2.21. The molecule has 0 saturated heterocycles. The van der Waals surface area contributed by atoms with Crippen molar-refractivity contribution in [3.8, 4) is 5.75 Å². The van der Waals surface area contributed by atoms with E-state index in [-0.39, 0.29) is 10.9 Å². The molecule has 0 aliphatic heterocycles. The minimum atomic E-state index is -3.67. The molecule has 0 amide bonds. The van der Waals surface area contributed by atoms with E-state index in [4.69, 9.17) is 4.74 Å². The van der Waals surface area contributed by atoms with Crippen LogP contribution in [0, 0.1) is 6.92 Å². The second-order valence-corrected chi connectivity index (χ2v) is 7.22. The Labute approximate surface area is 129 Å². The fraction of sp³-hybridized carbons (Fsp3) is 0.357. The van der Waals surface area contributed by atoms with Gasteiger partial charge in [-0.1, -0.05) is 13.0 Å². The standard InChI is InChI=1S/C14H18N2O3S2/c1-4-11(14-15-7-8-20-14)16-21(17,18)13-9-10(2)5-6-12(13)19-3/h5-9,11,16H,4H2,1-3H3. The highest BCUT2D eigenvalue weighted by atomic mass is 32.2. The van der Waals surface area contributed by atoms with Gasteiger partial charge in [-0.15, -0.1) is 11.3 Å². The Bertz CT molecular complexity index is 697. The monoisotopic (exact) mass is 326 g/mol. The van der Waals surface area contributed by atoms with E-state index in [0.29, 0.717) is 12.2 Å². The number of nitrogens with zero attached hydrogens (tertiary/aromatic N) is 1. The second-order valence-electron chi connectivity index (χ2n) is 4.61. The van der Waals surface area contributed by atoms with Crippen LogP contribution in [0.25, 0.3) is 0 Å². The summed E-state index contributed by atoms with van der Waals surface area (Å²) >= 11 is 1.44. The molecule has 1 N–H and O–H groups in total. The summed E-state index contributed by atoms with van der Waals surface area (Å²) in [6.45, 7) is 3.76. The van der Waals surface area contributed by atoms with Crippen LogP contribution < -0.4 is 9.46 Å². The molecule has 0 saturated carbocycles. The molecule has 0 aliphatic carbocycles. The number of nitrogens with one attached hydrogen (secondary N) is 1. The zero-order valence-electron chi connectivity index (χ0n) is 12.2. The van der Waals surface area contributed by atoms with E-state index in [2.05, 4.69) is 9.71 Å². The number of hydrogen-bond donors (Lipinski definition) is 1. The van der Waals surface area contributed by atoms with Crippen LogP contribution in [0.1, 0.15) is 30.0 Å². The van der Waals surface area contributed by atoms with Gasteiger partial charge in [0.25, 0.3) is 0 Å². The summed E-state index contributed by atoms with van der Waals surface area (Å²) in [5, 5.41) is 2.59. The molecule has 1 atom stereocenters. The number of thiazole rings is 1. The number of rotatable bonds is 6. The van der Waals surface area contributed by atoms with Gasteiger partial charge in [-0.05, 0) is 31.0 Å². The first kappa shape index (κ1) is 15.9. The topological polar surface area (TPSA) is 68.3 Å². The largest absolute Gasteiger partial charge is 0.495 e. The van der Waals surface area contributed by atoms with Crippen LogP contribution >= 0.6 is 11.3 Å². The van der Waals surface area contributed by atoms with E-state index < -0.39 is 10.0 Å². The van der Waals surface area contributed by atoms with Crippen molar-refractivity contribution in [2.24, 2.45) is 0 Å². The normalized spacial score (nSPS) is 13.1. The van der Waals surface area contributed by atoms with Gasteiger partial charge < -0.3 is 4.74 Å². The van der Waals surface area contributed by atoms with Crippen LogP contribution in [-0.2, 0) is 10.0 Å². The molecule has 1 heterocycles. The molecule has 7 heteroatoms. The first-order valence-corrected chi connectivity index (χ1v) is 8.90. The maximum absolute atomic E-state index is 12.6. The number of benzene rings is 1. The summed E-state index contributed by atoms with van der Waals surface area (Å²) < 4.78 is 33.1. The van der Waals surface area contributed by atoms with E-state index in [1.807, 2.05) is 25.3 Å². The van der Waals surface area contributed by atoms with Gasteiger partial charge in [-0.25, -0.2) is 18.1 Å². The van der Waals surface area contributed by atoms with E-state index in [9.17, 15) is 8.42 Å². The van der Waals surface area contributed by atoms with Crippen molar-refractivity contribution in [3.05, 3.63) is 40.3 Å². The zero-order chi connectivity index (χ0) is 15.5. The van der Waals surface area contributed by atoms with Gasteiger partial charge in [0.2, 0.25) is 10.0 Å². The first-order chi connectivity index (χ1) is 9.97. The number of hydrogen-bond acceptors (Lipinski definition) is 5. The predicted octanol–water partition coefficient (Wildman–Crippen LogP) is 2.89. The van der Waals surface area contributed by atoms with Gasteiger partial charge in [0.15, 0.2) is 0 Å². The number of ether oxygens (including phenoxy) is 1. The summed E-state index contributed by atoms with van der Waals surface area (Å²) in [6, 6.07) is 4.75. The summed E-state index contributed by atoms with van der Waals surface area (Å²) in [6.07, 6.45) is 2.30. The Morgan fingerprint density at radius 2 is 2.19 bits per heavy atom. The molecule has 0 aliphatic rings. The number of sulfonamides is 1. The molecule has 5 nitrogen and oxygen atoms in total. The van der Waals surface area contributed by atoms with E-state index in [1.54, 1.807) is 18.3 Å². The van der Waals surface area contributed by atoms with Crippen molar-refractivity contribution in [3.63, 3.8) is 0 Å². The fourth-order valence-electron chi connectivity index (χ4n) is 1.96. The van der Waals surface area contributed by atoms with Crippen LogP contribution in [0.3, 0.4) is 0 Å². The summed E-state index contributed by atoms with van der Waals surface area (Å²) in [5.41, 5.74) is 0.860. The van der Waals surface area contributed by atoms with Crippen LogP contribution in [0.5, 0.6) is 5.75 Å². The van der Waals surface area contributed by atoms with Crippen LogP contribution in [0.4, 0.5) is 0 Å². The van der Waals surface area contributed by atoms with Crippen molar-refractivity contribution >= 4 is 21.4 Å². The highest BCUT2D eigenvalue weighted by Crippen LogP contribution is 2.27. The lowest BCUT2D eigenvalue weighted by Crippen LogP contribution is -2.28. The number of aryl methyl sites for hydroxylation is 1. The molecule has 0 spiro atoms. The predicted molar refractivity (Wildman–Crippen MR) is 83.2 cm³/mol. The third-order valence-corrected chi connectivity index (χ3v) is 5.45. The molecule has 1 aromatic carbocycles. The molecular formula is C14H18N2O3S2. The van der Waals surface area contributed by atoms with Crippen LogP contribution in [0.2, 0.25) is 0 Å². The minimum absolute atomic E-state index is 0.153. The lowest BCUT2D eigenvalue weighted by molar-refractivity contribution is 0.401. The van der Waals surface area contributed by atoms with Gasteiger partial charge in [0, 0.05) is 11.6 Å². The average molecular weight is 326 g/mol. The highest BCUT2D eigenvalue weighted by molar-refractivity contribution is 7.89. The lowest BCUT2D eigenvalue weighted by Gasteiger charge is -2.16. The van der Waals surface area contributed by atoms with E-state index in [0.717, 1.165) is 10.6 Å². The summed E-state index contributed by atoms with van der Waals surface area (Å²) in [4.78, 5) is 4.34. The number of methoxy groups -OCH3 is 1. The quantitative estimate of drug-likeness (QED) is 0.886. The molecule has 0 fully saturated rings. The average Bonchev–Trinajstić information content (AvgIpc) is 2.99. The third-order valence-electron chi connectivity index (χ3n) is 3.06. The molecule has 114 valence electrons. The highest BCUT2D eigenvalue weighted by Gasteiger charge is 2.24. The Balaban J connectivity index is 2.36. The molecule has 1 aromatic heterocycles. The maximum atomic E-state index is 12.6. The Morgan fingerprint density at radius 1 is 1.43 bits per heavy atom. The molecule has 0 radical (unpaired) electrons. The molecular weight excluding hydrogens is 308 g/mol. The van der Waals surface area contributed by atoms with Gasteiger partial charge >= 0.3 is 0 Å². The smallest absolute Gasteiger partial charge is 0.244 e. The fourth-order valence-corrected chi connectivity index (χ4v) is 4.34. The SMILES string of the molecule is CCC(NS(=O)(=O)c1cc(C)ccc1OC)c1nccs1. The molecule has 21 heavy (non-hydrogen) atoms. The molecule has 1 unspecified atom stereocenters. The Morgan fingerprint density at radius 3 is 2.76 bits per heavy atom. The maximum Gasteiger partial charge on any atom is 0.244 e. The van der Waals surface area contributed by atoms with Crippen molar-refractivity contribution in [1.29, 1.82) is 0 Å². The van der Waals surface area contributed by atoms with Gasteiger partial charge in [0.1, 0.15) is 15.7 Å². The van der Waals surface area contributed by atoms with Crippen molar-refractivity contribution in [2.45, 2.75) is 31.2 Å². The van der Waals surface area contributed by atoms with Gasteiger partial charge in [-0.2, -0.15) is 0 Å². The number of aromatic nitrogens is 1. The van der Waals surface area contributed by atoms with Crippen LogP contribution in [0.15, 0.2) is 34.7 Å². The Kier molecular flexibility index (Phi) is 4.97. The minimum Gasteiger partial charge on any atom is -0.495 e. The van der Waals surface area contributed by atoms with Crippen molar-refractivity contribution < 1.29 is 13.2 Å². The molecule has 2 aromatic rings. The second kappa shape index (κ2) is 6.55. The lowest BCUT2D eigenvalue weighted by atomic mass is 10.2. The molecule has 0 bridgehead atoms. The molecule has 2 rings (SSSR count). The zero-order valence-corrected chi connectivity index (χ0v) is 13.8. The van der Waals surface area contributed by atoms with E-state index in [1.165, 1.54) is 18.4 Å². The van der Waals surface area contributed by atoms with Gasteiger partial charge in [0.05, 0.1) is 13.2 Å². The van der Waals surface area contributed by atoms with Crippen molar-refractivity contribution in [1.82, 2.24) is 9.71 Å². The first-order valence-electron chi connectivity index (χ1n) is 6.54. The van der Waals surface area contributed by atoms with Crippen LogP contribution in [-0.4, -0.2) is 20.5 Å².